The van der Waals surface area contributed by atoms with Crippen molar-refractivity contribution in [2.45, 2.75) is 19.4 Å². The summed E-state index contributed by atoms with van der Waals surface area (Å²) in [4.78, 5) is 41.3. The van der Waals surface area contributed by atoms with Gasteiger partial charge in [-0.1, -0.05) is 12.1 Å². The highest BCUT2D eigenvalue weighted by molar-refractivity contribution is 6.35. The van der Waals surface area contributed by atoms with Crippen molar-refractivity contribution in [3.63, 3.8) is 0 Å². The number of likely N-dealkylation sites (N-methyl/N-ethyl adjacent to an activating group) is 1. The minimum absolute atomic E-state index is 0.0504. The van der Waals surface area contributed by atoms with Gasteiger partial charge in [-0.05, 0) is 38.2 Å². The van der Waals surface area contributed by atoms with Crippen molar-refractivity contribution < 1.29 is 18.8 Å². The van der Waals surface area contributed by atoms with Crippen LogP contribution in [0.3, 0.4) is 0 Å². The van der Waals surface area contributed by atoms with E-state index in [1.165, 1.54) is 21.9 Å². The van der Waals surface area contributed by atoms with Crippen LogP contribution in [-0.4, -0.2) is 79.2 Å². The molecule has 1 saturated heterocycles. The lowest BCUT2D eigenvalue weighted by Gasteiger charge is -2.33. The quantitative estimate of drug-likeness (QED) is 0.634. The lowest BCUT2D eigenvalue weighted by molar-refractivity contribution is -0.156. The zero-order chi connectivity index (χ0) is 19.8. The Morgan fingerprint density at radius 3 is 2.41 bits per heavy atom. The van der Waals surface area contributed by atoms with E-state index in [9.17, 15) is 18.8 Å². The number of carbonyl (C=O) groups is 3. The molecule has 1 aromatic rings. The summed E-state index contributed by atoms with van der Waals surface area (Å²) >= 11 is 0. The molecular formula is C19H27FN4O3. The van der Waals surface area contributed by atoms with E-state index < -0.39 is 11.8 Å². The Morgan fingerprint density at radius 2 is 1.74 bits per heavy atom. The molecule has 0 spiro atoms. The van der Waals surface area contributed by atoms with Crippen LogP contribution in [0.4, 0.5) is 4.39 Å². The van der Waals surface area contributed by atoms with Crippen LogP contribution in [0.15, 0.2) is 24.3 Å². The Balaban J connectivity index is 1.73. The molecule has 3 amide bonds. The second-order valence-electron chi connectivity index (χ2n) is 6.90. The highest BCUT2D eigenvalue weighted by atomic mass is 19.1. The summed E-state index contributed by atoms with van der Waals surface area (Å²) in [5, 5.41) is 2.82. The first-order chi connectivity index (χ1) is 12.9. The highest BCUT2D eigenvalue weighted by Crippen LogP contribution is 2.12. The Kier molecular flexibility index (Phi) is 7.72. The summed E-state index contributed by atoms with van der Waals surface area (Å²) in [7, 11) is 3.87. The van der Waals surface area contributed by atoms with E-state index >= 15 is 0 Å². The number of benzene rings is 1. The maximum Gasteiger partial charge on any atom is 0.312 e. The molecule has 1 heterocycles. The summed E-state index contributed by atoms with van der Waals surface area (Å²) in [6.07, 6.45) is 0.843. The third-order valence-electron chi connectivity index (χ3n) is 4.40. The lowest BCUT2D eigenvalue weighted by Crippen LogP contribution is -2.54. The first kappa shape index (κ1) is 20.8. The third kappa shape index (κ3) is 6.63. The van der Waals surface area contributed by atoms with E-state index in [4.69, 9.17) is 0 Å². The molecule has 1 fully saturated rings. The molecule has 1 N–H and O–H groups in total. The zero-order valence-electron chi connectivity index (χ0n) is 15.9. The minimum Gasteiger partial charge on any atom is -0.355 e. The molecule has 2 rings (SSSR count). The van der Waals surface area contributed by atoms with Crippen LogP contribution in [0.1, 0.15) is 18.4 Å². The SMILES string of the molecule is CN(C)CCNC(=O)CCCN1CCN(Cc2ccc(F)cc2)C(=O)C1=O. The van der Waals surface area contributed by atoms with Crippen molar-refractivity contribution >= 4 is 17.7 Å². The number of rotatable bonds is 9. The molecule has 0 aromatic heterocycles. The van der Waals surface area contributed by atoms with Gasteiger partial charge in [-0.15, -0.1) is 0 Å². The maximum absolute atomic E-state index is 13.0. The molecule has 0 unspecified atom stereocenters. The second kappa shape index (κ2) is 10.0. The topological polar surface area (TPSA) is 73.0 Å². The zero-order valence-corrected chi connectivity index (χ0v) is 15.9. The molecule has 1 aliphatic heterocycles. The van der Waals surface area contributed by atoms with Gasteiger partial charge in [0.15, 0.2) is 0 Å². The first-order valence-electron chi connectivity index (χ1n) is 9.11. The van der Waals surface area contributed by atoms with Crippen molar-refractivity contribution in [1.29, 1.82) is 0 Å². The molecule has 1 aromatic carbocycles. The van der Waals surface area contributed by atoms with Gasteiger partial charge < -0.3 is 20.0 Å². The van der Waals surface area contributed by atoms with E-state index in [0.717, 1.165) is 12.1 Å². The van der Waals surface area contributed by atoms with Crippen LogP contribution in [-0.2, 0) is 20.9 Å². The fourth-order valence-corrected chi connectivity index (χ4v) is 2.83. The number of nitrogens with zero attached hydrogens (tertiary/aromatic N) is 3. The van der Waals surface area contributed by atoms with Gasteiger partial charge in [0.1, 0.15) is 5.82 Å². The average molecular weight is 378 g/mol. The molecule has 7 nitrogen and oxygen atoms in total. The van der Waals surface area contributed by atoms with Crippen LogP contribution in [0.5, 0.6) is 0 Å². The number of amides is 3. The summed E-state index contributed by atoms with van der Waals surface area (Å²) in [5.41, 5.74) is 0.778. The van der Waals surface area contributed by atoms with Crippen LogP contribution in [0, 0.1) is 5.82 Å². The molecule has 0 aliphatic carbocycles. The van der Waals surface area contributed by atoms with Gasteiger partial charge in [0.05, 0.1) is 0 Å². The molecule has 8 heteroatoms. The molecule has 148 valence electrons. The normalized spacial score (nSPS) is 14.8. The molecule has 27 heavy (non-hydrogen) atoms. The van der Waals surface area contributed by atoms with Crippen molar-refractivity contribution in [1.82, 2.24) is 20.0 Å². The molecule has 1 aliphatic rings. The van der Waals surface area contributed by atoms with Crippen molar-refractivity contribution in [3.05, 3.63) is 35.6 Å². The number of hydrogen-bond donors (Lipinski definition) is 1. The summed E-state index contributed by atoms with van der Waals surface area (Å²) in [6, 6.07) is 5.88. The van der Waals surface area contributed by atoms with Crippen LogP contribution in [0.2, 0.25) is 0 Å². The third-order valence-corrected chi connectivity index (χ3v) is 4.40. The lowest BCUT2D eigenvalue weighted by atomic mass is 10.1. The van der Waals surface area contributed by atoms with Crippen molar-refractivity contribution in [2.75, 3.05) is 46.8 Å². The molecular weight excluding hydrogens is 351 g/mol. The Bertz CT molecular complexity index is 663. The van der Waals surface area contributed by atoms with E-state index in [-0.39, 0.29) is 18.3 Å². The highest BCUT2D eigenvalue weighted by Gasteiger charge is 2.32. The molecule has 0 saturated carbocycles. The van der Waals surface area contributed by atoms with E-state index in [1.807, 2.05) is 19.0 Å². The van der Waals surface area contributed by atoms with Crippen molar-refractivity contribution in [3.8, 4) is 0 Å². The Labute approximate surface area is 159 Å². The summed E-state index contributed by atoms with van der Waals surface area (Å²) in [6.45, 7) is 2.90. The van der Waals surface area contributed by atoms with Gasteiger partial charge in [0.25, 0.3) is 0 Å². The van der Waals surface area contributed by atoms with Gasteiger partial charge in [-0.2, -0.15) is 0 Å². The van der Waals surface area contributed by atoms with Gasteiger partial charge in [0.2, 0.25) is 5.91 Å². The Morgan fingerprint density at radius 1 is 1.11 bits per heavy atom. The van der Waals surface area contributed by atoms with Crippen LogP contribution >= 0.6 is 0 Å². The maximum atomic E-state index is 13.0. The van der Waals surface area contributed by atoms with E-state index in [1.54, 1.807) is 12.1 Å². The minimum atomic E-state index is -0.555. The fraction of sp³-hybridized carbons (Fsp3) is 0.526. The number of hydrogen-bond acceptors (Lipinski definition) is 4. The first-order valence-corrected chi connectivity index (χ1v) is 9.11. The monoisotopic (exact) mass is 378 g/mol. The molecule has 0 radical (unpaired) electrons. The summed E-state index contributed by atoms with van der Waals surface area (Å²) < 4.78 is 13.0. The number of nitrogens with one attached hydrogen (secondary N) is 1. The van der Waals surface area contributed by atoms with Gasteiger partial charge in [0, 0.05) is 45.7 Å². The fourth-order valence-electron chi connectivity index (χ4n) is 2.83. The number of carbonyl (C=O) groups excluding carboxylic acids is 3. The number of piperazine rings is 1. The average Bonchev–Trinajstić information content (AvgIpc) is 2.62. The predicted octanol–water partition coefficient (Wildman–Crippen LogP) is 0.455. The van der Waals surface area contributed by atoms with Gasteiger partial charge in [-0.25, -0.2) is 4.39 Å². The number of halogens is 1. The smallest absolute Gasteiger partial charge is 0.312 e. The van der Waals surface area contributed by atoms with Gasteiger partial charge in [-0.3, -0.25) is 14.4 Å². The molecule has 0 bridgehead atoms. The van der Waals surface area contributed by atoms with Crippen LogP contribution < -0.4 is 5.32 Å². The largest absolute Gasteiger partial charge is 0.355 e. The molecule has 0 atom stereocenters. The second-order valence-corrected chi connectivity index (χ2v) is 6.90. The van der Waals surface area contributed by atoms with Crippen LogP contribution in [0.25, 0.3) is 0 Å². The van der Waals surface area contributed by atoms with Gasteiger partial charge >= 0.3 is 11.8 Å². The van der Waals surface area contributed by atoms with Crippen molar-refractivity contribution in [2.24, 2.45) is 0 Å². The van der Waals surface area contributed by atoms with E-state index in [0.29, 0.717) is 39.0 Å². The standard InChI is InChI=1S/C19H27FN4O3/c1-22(2)11-9-21-17(25)4-3-10-23-12-13-24(19(27)18(23)26)14-15-5-7-16(20)8-6-15/h5-8H,3-4,9-14H2,1-2H3,(H,21,25). The van der Waals surface area contributed by atoms with E-state index in [2.05, 4.69) is 5.32 Å². The predicted molar refractivity (Wildman–Crippen MR) is 99.2 cm³/mol. The Hall–Kier alpha value is -2.48. The summed E-state index contributed by atoms with van der Waals surface area (Å²) in [5.74, 6) is -1.49.